The number of hydrogen-bond acceptors (Lipinski definition) is 8. The number of rotatable bonds is 8. The van der Waals surface area contributed by atoms with E-state index in [1.807, 2.05) is 0 Å². The van der Waals surface area contributed by atoms with Crippen LogP contribution < -0.4 is 29.8 Å². The van der Waals surface area contributed by atoms with Crippen LogP contribution in [0.3, 0.4) is 0 Å². The smallest absolute Gasteiger partial charge is 0.275 e. The van der Waals surface area contributed by atoms with Gasteiger partial charge in [0.25, 0.3) is 11.8 Å². The molecule has 0 heterocycles. The summed E-state index contributed by atoms with van der Waals surface area (Å²) in [5.74, 6) is 1.11. The third kappa shape index (κ3) is 7.17. The molecule has 0 fully saturated rings. The fraction of sp³-hybridized carbons (Fsp3) is 0.304. The van der Waals surface area contributed by atoms with Crippen LogP contribution in [0.15, 0.2) is 36.4 Å². The van der Waals surface area contributed by atoms with Crippen molar-refractivity contribution < 1.29 is 28.5 Å². The van der Waals surface area contributed by atoms with Crippen molar-refractivity contribution in [3.05, 3.63) is 47.5 Å². The Balaban J connectivity index is 1.97. The SMILES string of the molecule is COc1ccc(C(=O)N(C)NC(=S)CC(=S)NN(C)C(=O)c2ccc(OC)cc2OC)c(OC)c1. The number of amides is 2. The fourth-order valence-corrected chi connectivity index (χ4v) is 3.67. The molecule has 2 aromatic carbocycles. The van der Waals surface area contributed by atoms with E-state index < -0.39 is 0 Å². The van der Waals surface area contributed by atoms with Gasteiger partial charge in [-0.15, -0.1) is 0 Å². The first kappa shape index (κ1) is 27.6. The van der Waals surface area contributed by atoms with Gasteiger partial charge in [0.2, 0.25) is 0 Å². The van der Waals surface area contributed by atoms with E-state index >= 15 is 0 Å². The number of nitrogens with zero attached hydrogens (tertiary/aromatic N) is 2. The largest absolute Gasteiger partial charge is 0.497 e. The molecule has 2 amide bonds. The van der Waals surface area contributed by atoms with Crippen LogP contribution in [0.2, 0.25) is 0 Å². The third-order valence-electron chi connectivity index (χ3n) is 4.79. The van der Waals surface area contributed by atoms with Gasteiger partial charge in [0.15, 0.2) is 0 Å². The Morgan fingerprint density at radius 2 is 1.09 bits per heavy atom. The van der Waals surface area contributed by atoms with Gasteiger partial charge in [0.05, 0.1) is 46.0 Å². The quantitative estimate of drug-likeness (QED) is 0.399. The third-order valence-corrected chi connectivity index (χ3v) is 5.26. The zero-order chi connectivity index (χ0) is 26.1. The number of methoxy groups -OCH3 is 4. The number of nitrogens with one attached hydrogen (secondary N) is 2. The number of carbonyl (C=O) groups excluding carboxylic acids is 2. The van der Waals surface area contributed by atoms with Crippen LogP contribution in [0.4, 0.5) is 0 Å². The highest BCUT2D eigenvalue weighted by atomic mass is 32.1. The van der Waals surface area contributed by atoms with Crippen molar-refractivity contribution in [2.75, 3.05) is 42.5 Å². The van der Waals surface area contributed by atoms with Gasteiger partial charge in [-0.25, -0.2) is 0 Å². The van der Waals surface area contributed by atoms with Crippen LogP contribution in [0.1, 0.15) is 27.1 Å². The Labute approximate surface area is 215 Å². The van der Waals surface area contributed by atoms with Crippen LogP contribution >= 0.6 is 24.4 Å². The molecular formula is C23H28N4O6S2. The van der Waals surface area contributed by atoms with Gasteiger partial charge < -0.3 is 18.9 Å². The molecule has 188 valence electrons. The summed E-state index contributed by atoms with van der Waals surface area (Å²) in [7, 11) is 9.04. The lowest BCUT2D eigenvalue weighted by atomic mass is 10.1. The minimum atomic E-state index is -0.371. The zero-order valence-electron chi connectivity index (χ0n) is 20.3. The van der Waals surface area contributed by atoms with Crippen molar-refractivity contribution in [2.24, 2.45) is 0 Å². The Hall–Kier alpha value is -3.64. The van der Waals surface area contributed by atoms with Gasteiger partial charge in [-0.1, -0.05) is 24.4 Å². The Kier molecular flexibility index (Phi) is 10.0. The van der Waals surface area contributed by atoms with Crippen LogP contribution in [0, 0.1) is 0 Å². The molecule has 0 unspecified atom stereocenters. The molecule has 0 aliphatic rings. The van der Waals surface area contributed by atoms with Gasteiger partial charge in [-0.3, -0.25) is 30.5 Å². The predicted molar refractivity (Wildman–Crippen MR) is 139 cm³/mol. The molecule has 0 spiro atoms. The summed E-state index contributed by atoms with van der Waals surface area (Å²) in [6, 6.07) is 9.74. The first-order valence-electron chi connectivity index (χ1n) is 10.2. The van der Waals surface area contributed by atoms with E-state index in [4.69, 9.17) is 43.4 Å². The summed E-state index contributed by atoms with van der Waals surface area (Å²) < 4.78 is 20.9. The van der Waals surface area contributed by atoms with E-state index in [0.717, 1.165) is 0 Å². The molecule has 0 aliphatic heterocycles. The van der Waals surface area contributed by atoms with E-state index in [2.05, 4.69) is 10.9 Å². The molecule has 0 aromatic heterocycles. The van der Waals surface area contributed by atoms with E-state index in [0.29, 0.717) is 34.1 Å². The number of ether oxygens (including phenoxy) is 4. The lowest BCUT2D eigenvalue weighted by molar-refractivity contribution is 0.0752. The van der Waals surface area contributed by atoms with Crippen LogP contribution in [0.5, 0.6) is 23.0 Å². The summed E-state index contributed by atoms with van der Waals surface area (Å²) in [4.78, 5) is 26.2. The Morgan fingerprint density at radius 1 is 0.714 bits per heavy atom. The normalized spacial score (nSPS) is 10.0. The maximum absolute atomic E-state index is 12.8. The Bertz CT molecular complexity index is 1030. The summed E-state index contributed by atoms with van der Waals surface area (Å²) in [5.41, 5.74) is 6.28. The zero-order valence-corrected chi connectivity index (χ0v) is 22.0. The molecule has 12 heteroatoms. The van der Waals surface area contributed by atoms with E-state index in [-0.39, 0.29) is 28.2 Å². The topological polar surface area (TPSA) is 102 Å². The second-order valence-electron chi connectivity index (χ2n) is 7.11. The molecule has 2 N–H and O–H groups in total. The van der Waals surface area contributed by atoms with Crippen molar-refractivity contribution in [1.29, 1.82) is 0 Å². The molecular weight excluding hydrogens is 492 g/mol. The van der Waals surface area contributed by atoms with Crippen LogP contribution in [-0.4, -0.2) is 74.3 Å². The number of thiocarbonyl (C=S) groups is 2. The number of benzene rings is 2. The average Bonchev–Trinajstić information content (AvgIpc) is 2.86. The molecule has 35 heavy (non-hydrogen) atoms. The minimum Gasteiger partial charge on any atom is -0.497 e. The van der Waals surface area contributed by atoms with Crippen molar-refractivity contribution in [2.45, 2.75) is 6.42 Å². The van der Waals surface area contributed by atoms with Gasteiger partial charge in [-0.05, 0) is 24.3 Å². The highest BCUT2D eigenvalue weighted by Gasteiger charge is 2.20. The standard InChI is InChI=1S/C23H28N4O6S2/c1-26(22(28)16-9-7-14(30-3)11-18(16)32-5)24-20(34)13-21(35)25-27(2)23(29)17-10-8-15(31-4)12-19(17)33-6/h7-12H,13H2,1-6H3,(H,24,34)(H,25,35). The van der Waals surface area contributed by atoms with Crippen molar-refractivity contribution in [3.63, 3.8) is 0 Å². The van der Waals surface area contributed by atoms with Crippen LogP contribution in [-0.2, 0) is 0 Å². The van der Waals surface area contributed by atoms with Gasteiger partial charge in [-0.2, -0.15) is 0 Å². The lowest BCUT2D eigenvalue weighted by Crippen LogP contribution is -2.47. The van der Waals surface area contributed by atoms with E-state index in [9.17, 15) is 9.59 Å². The van der Waals surface area contributed by atoms with Crippen LogP contribution in [0.25, 0.3) is 0 Å². The van der Waals surface area contributed by atoms with E-state index in [1.54, 1.807) is 36.4 Å². The monoisotopic (exact) mass is 520 g/mol. The fourth-order valence-electron chi connectivity index (χ4n) is 3.01. The highest BCUT2D eigenvalue weighted by Crippen LogP contribution is 2.26. The number of carbonyl (C=O) groups is 2. The second kappa shape index (κ2) is 12.7. The molecule has 0 saturated heterocycles. The van der Waals surface area contributed by atoms with Crippen molar-refractivity contribution in [3.8, 4) is 23.0 Å². The molecule has 0 saturated carbocycles. The number of hydrazine groups is 2. The molecule has 2 aromatic rings. The molecule has 2 rings (SSSR count). The summed E-state index contributed by atoms with van der Waals surface area (Å²) in [6.07, 6.45) is 0.0966. The van der Waals surface area contributed by atoms with Gasteiger partial charge in [0.1, 0.15) is 33.0 Å². The second-order valence-corrected chi connectivity index (χ2v) is 8.09. The predicted octanol–water partition coefficient (Wildman–Crippen LogP) is 2.62. The molecule has 10 nitrogen and oxygen atoms in total. The highest BCUT2D eigenvalue weighted by molar-refractivity contribution is 7.82. The molecule has 0 radical (unpaired) electrons. The summed E-state index contributed by atoms with van der Waals surface area (Å²) >= 11 is 10.7. The first-order chi connectivity index (χ1) is 16.6. The maximum Gasteiger partial charge on any atom is 0.275 e. The molecule has 0 aliphatic carbocycles. The lowest BCUT2D eigenvalue weighted by Gasteiger charge is -2.23. The number of hydrogen-bond donors (Lipinski definition) is 2. The summed E-state index contributed by atoms with van der Waals surface area (Å²) in [6.45, 7) is 0. The Morgan fingerprint density at radius 3 is 1.40 bits per heavy atom. The summed E-state index contributed by atoms with van der Waals surface area (Å²) in [5, 5.41) is 2.46. The van der Waals surface area contributed by atoms with Gasteiger partial charge in [0, 0.05) is 26.2 Å². The molecule has 0 bridgehead atoms. The minimum absolute atomic E-state index is 0.0966. The maximum atomic E-state index is 12.8. The average molecular weight is 521 g/mol. The van der Waals surface area contributed by atoms with Crippen molar-refractivity contribution in [1.82, 2.24) is 20.9 Å². The first-order valence-corrected chi connectivity index (χ1v) is 11.1. The van der Waals surface area contributed by atoms with Gasteiger partial charge >= 0.3 is 0 Å². The van der Waals surface area contributed by atoms with Crippen molar-refractivity contribution >= 4 is 46.2 Å². The molecule has 0 atom stereocenters. The van der Waals surface area contributed by atoms with E-state index in [1.165, 1.54) is 52.6 Å².